The molecule has 3 aromatic carbocycles. The Morgan fingerprint density at radius 1 is 0.812 bits per heavy atom. The van der Waals surface area contributed by atoms with Gasteiger partial charge in [-0.2, -0.15) is 4.98 Å². The molecule has 1 heterocycles. The summed E-state index contributed by atoms with van der Waals surface area (Å²) in [5.41, 5.74) is 2.47. The Bertz CT molecular complexity index is 1210. The molecule has 0 spiro atoms. The minimum atomic E-state index is -0.302. The second kappa shape index (κ2) is 9.22. The van der Waals surface area contributed by atoms with Crippen LogP contribution in [-0.2, 0) is 0 Å². The van der Waals surface area contributed by atoms with Crippen LogP contribution in [0.25, 0.3) is 22.8 Å². The number of carbonyl (C=O) groups excluding carboxylic acids is 1. The van der Waals surface area contributed by atoms with E-state index in [-0.39, 0.29) is 5.91 Å². The van der Waals surface area contributed by atoms with Crippen LogP contribution < -0.4 is 19.5 Å². The van der Waals surface area contributed by atoms with Crippen molar-refractivity contribution in [2.45, 2.75) is 0 Å². The van der Waals surface area contributed by atoms with Crippen LogP contribution in [0, 0.1) is 0 Å². The van der Waals surface area contributed by atoms with Gasteiger partial charge in [0.05, 0.1) is 21.3 Å². The number of hydrogen-bond donors (Lipinski definition) is 1. The van der Waals surface area contributed by atoms with E-state index in [9.17, 15) is 4.79 Å². The lowest BCUT2D eigenvalue weighted by molar-refractivity contribution is 0.102. The molecule has 0 bridgehead atoms. The Morgan fingerprint density at radius 3 is 2.16 bits per heavy atom. The zero-order chi connectivity index (χ0) is 22.5. The molecular weight excluding hydrogens is 410 g/mol. The first-order chi connectivity index (χ1) is 15.6. The standard InChI is InChI=1S/C24H21N3O5/c1-29-19-9-7-15(8-10-19)22-26-24(32-27-22)16-5-4-6-18(11-16)25-23(28)17-12-20(30-2)14-21(13-17)31-3/h4-14H,1-3H3,(H,25,28). The largest absolute Gasteiger partial charge is 0.497 e. The quantitative estimate of drug-likeness (QED) is 0.454. The van der Waals surface area contributed by atoms with Gasteiger partial charge in [-0.15, -0.1) is 0 Å². The van der Waals surface area contributed by atoms with Crippen molar-refractivity contribution in [2.75, 3.05) is 26.6 Å². The minimum absolute atomic E-state index is 0.302. The number of ether oxygens (including phenoxy) is 3. The normalized spacial score (nSPS) is 10.5. The number of nitrogens with zero attached hydrogens (tertiary/aromatic N) is 2. The van der Waals surface area contributed by atoms with Crippen LogP contribution in [0.3, 0.4) is 0 Å². The van der Waals surface area contributed by atoms with Crippen LogP contribution in [0.1, 0.15) is 10.4 Å². The number of amides is 1. The number of hydrogen-bond acceptors (Lipinski definition) is 7. The summed E-state index contributed by atoms with van der Waals surface area (Å²) >= 11 is 0. The van der Waals surface area contributed by atoms with Gasteiger partial charge in [-0.25, -0.2) is 0 Å². The van der Waals surface area contributed by atoms with Crippen LogP contribution in [-0.4, -0.2) is 37.4 Å². The molecule has 0 saturated heterocycles. The molecule has 1 aromatic heterocycles. The zero-order valence-electron chi connectivity index (χ0n) is 17.8. The molecule has 32 heavy (non-hydrogen) atoms. The first-order valence-electron chi connectivity index (χ1n) is 9.72. The summed E-state index contributed by atoms with van der Waals surface area (Å²) in [6.45, 7) is 0. The predicted octanol–water partition coefficient (Wildman–Crippen LogP) is 4.68. The molecule has 4 rings (SSSR count). The van der Waals surface area contributed by atoms with E-state index in [0.717, 1.165) is 11.3 Å². The van der Waals surface area contributed by atoms with Crippen LogP contribution in [0.4, 0.5) is 5.69 Å². The van der Waals surface area contributed by atoms with Crippen LogP contribution in [0.2, 0.25) is 0 Å². The first kappa shape index (κ1) is 20.9. The van der Waals surface area contributed by atoms with Crippen molar-refractivity contribution in [3.8, 4) is 40.1 Å². The third-order valence-electron chi connectivity index (χ3n) is 4.76. The van der Waals surface area contributed by atoms with Gasteiger partial charge in [0.1, 0.15) is 17.2 Å². The molecule has 162 valence electrons. The van der Waals surface area contributed by atoms with Crippen LogP contribution in [0.5, 0.6) is 17.2 Å². The molecule has 8 heteroatoms. The van der Waals surface area contributed by atoms with Gasteiger partial charge in [-0.3, -0.25) is 4.79 Å². The molecular formula is C24H21N3O5. The predicted molar refractivity (Wildman–Crippen MR) is 119 cm³/mol. The summed E-state index contributed by atoms with van der Waals surface area (Å²) in [5.74, 6) is 2.30. The van der Waals surface area contributed by atoms with E-state index < -0.39 is 0 Å². The smallest absolute Gasteiger partial charge is 0.258 e. The van der Waals surface area contributed by atoms with Crippen molar-refractivity contribution < 1.29 is 23.5 Å². The topological polar surface area (TPSA) is 95.7 Å². The molecule has 0 radical (unpaired) electrons. The lowest BCUT2D eigenvalue weighted by Gasteiger charge is -2.09. The number of nitrogens with one attached hydrogen (secondary N) is 1. The average molecular weight is 431 g/mol. The highest BCUT2D eigenvalue weighted by Gasteiger charge is 2.14. The summed E-state index contributed by atoms with van der Waals surface area (Å²) in [5, 5.41) is 6.92. The van der Waals surface area contributed by atoms with E-state index in [4.69, 9.17) is 18.7 Å². The number of anilines is 1. The van der Waals surface area contributed by atoms with E-state index in [0.29, 0.717) is 40.0 Å². The molecule has 0 unspecified atom stereocenters. The third-order valence-corrected chi connectivity index (χ3v) is 4.76. The molecule has 0 saturated carbocycles. The van der Waals surface area contributed by atoms with Gasteiger partial charge in [0, 0.05) is 28.4 Å². The van der Waals surface area contributed by atoms with Crippen molar-refractivity contribution in [1.29, 1.82) is 0 Å². The highest BCUT2D eigenvalue weighted by atomic mass is 16.5. The Kier molecular flexibility index (Phi) is 6.03. The summed E-state index contributed by atoms with van der Waals surface area (Å²) in [6, 6.07) is 19.5. The fourth-order valence-corrected chi connectivity index (χ4v) is 3.07. The van der Waals surface area contributed by atoms with Gasteiger partial charge in [-0.1, -0.05) is 11.2 Å². The first-order valence-corrected chi connectivity index (χ1v) is 9.72. The Labute approximate surface area is 184 Å². The minimum Gasteiger partial charge on any atom is -0.497 e. The molecule has 0 aliphatic rings. The van der Waals surface area contributed by atoms with Crippen molar-refractivity contribution in [3.63, 3.8) is 0 Å². The molecule has 8 nitrogen and oxygen atoms in total. The van der Waals surface area contributed by atoms with Gasteiger partial charge in [0.2, 0.25) is 5.82 Å². The van der Waals surface area contributed by atoms with E-state index >= 15 is 0 Å². The maximum absolute atomic E-state index is 12.8. The highest BCUT2D eigenvalue weighted by Crippen LogP contribution is 2.27. The zero-order valence-corrected chi connectivity index (χ0v) is 17.8. The number of aromatic nitrogens is 2. The Balaban J connectivity index is 1.54. The second-order valence-electron chi connectivity index (χ2n) is 6.79. The Morgan fingerprint density at radius 2 is 1.50 bits per heavy atom. The molecule has 4 aromatic rings. The molecule has 1 amide bonds. The lowest BCUT2D eigenvalue weighted by Crippen LogP contribution is -2.12. The molecule has 0 fully saturated rings. The fraction of sp³-hybridized carbons (Fsp3) is 0.125. The fourth-order valence-electron chi connectivity index (χ4n) is 3.07. The van der Waals surface area contributed by atoms with Gasteiger partial charge in [-0.05, 0) is 54.6 Å². The number of benzene rings is 3. The molecule has 0 aliphatic carbocycles. The van der Waals surface area contributed by atoms with Crippen LogP contribution in [0.15, 0.2) is 71.3 Å². The molecule has 1 N–H and O–H groups in total. The van der Waals surface area contributed by atoms with E-state index in [1.54, 1.807) is 43.5 Å². The van der Waals surface area contributed by atoms with Crippen LogP contribution >= 0.6 is 0 Å². The van der Waals surface area contributed by atoms with E-state index in [2.05, 4.69) is 15.5 Å². The molecule has 0 aliphatic heterocycles. The number of rotatable bonds is 7. The van der Waals surface area contributed by atoms with Gasteiger partial charge >= 0.3 is 0 Å². The second-order valence-corrected chi connectivity index (χ2v) is 6.79. The summed E-state index contributed by atoms with van der Waals surface area (Å²) in [4.78, 5) is 17.2. The summed E-state index contributed by atoms with van der Waals surface area (Å²) in [7, 11) is 4.67. The molecule has 0 atom stereocenters. The van der Waals surface area contributed by atoms with Crippen molar-refractivity contribution in [3.05, 3.63) is 72.3 Å². The maximum atomic E-state index is 12.8. The van der Waals surface area contributed by atoms with Gasteiger partial charge < -0.3 is 24.1 Å². The van der Waals surface area contributed by atoms with Crippen molar-refractivity contribution in [1.82, 2.24) is 10.1 Å². The number of methoxy groups -OCH3 is 3. The summed E-state index contributed by atoms with van der Waals surface area (Å²) in [6.07, 6.45) is 0. The van der Waals surface area contributed by atoms with Crippen molar-refractivity contribution >= 4 is 11.6 Å². The lowest BCUT2D eigenvalue weighted by atomic mass is 10.1. The SMILES string of the molecule is COc1ccc(-c2noc(-c3cccc(NC(=O)c4cc(OC)cc(OC)c4)c3)n2)cc1. The maximum Gasteiger partial charge on any atom is 0.258 e. The third kappa shape index (κ3) is 4.54. The summed E-state index contributed by atoms with van der Waals surface area (Å²) < 4.78 is 21.1. The van der Waals surface area contributed by atoms with E-state index in [1.807, 2.05) is 30.3 Å². The average Bonchev–Trinajstić information content (AvgIpc) is 3.34. The monoisotopic (exact) mass is 431 g/mol. The number of carbonyl (C=O) groups is 1. The van der Waals surface area contributed by atoms with Gasteiger partial charge in [0.15, 0.2) is 0 Å². The van der Waals surface area contributed by atoms with E-state index in [1.165, 1.54) is 14.2 Å². The Hall–Kier alpha value is -4.33. The highest BCUT2D eigenvalue weighted by molar-refractivity contribution is 6.05. The van der Waals surface area contributed by atoms with Gasteiger partial charge in [0.25, 0.3) is 11.8 Å². The van der Waals surface area contributed by atoms with Crippen molar-refractivity contribution in [2.24, 2.45) is 0 Å².